The summed E-state index contributed by atoms with van der Waals surface area (Å²) in [6, 6.07) is 11.1. The Morgan fingerprint density at radius 1 is 1.00 bits per heavy atom. The molecule has 0 spiro atoms. The van der Waals surface area contributed by atoms with Crippen molar-refractivity contribution in [2.75, 3.05) is 13.7 Å². The van der Waals surface area contributed by atoms with Crippen LogP contribution in [0, 0.1) is 0 Å². The van der Waals surface area contributed by atoms with Gasteiger partial charge in [-0.15, -0.1) is 0 Å². The van der Waals surface area contributed by atoms with Crippen LogP contribution in [0.2, 0.25) is 0 Å². The molecule has 0 saturated heterocycles. The molecule has 0 aliphatic rings. The Morgan fingerprint density at radius 2 is 1.50 bits per heavy atom. The number of alkyl halides is 3. The van der Waals surface area contributed by atoms with E-state index in [4.69, 9.17) is 19.3 Å². The number of ether oxygens (including phenoxy) is 3. The zero-order valence-corrected chi connectivity index (χ0v) is 14.3. The average Bonchev–Trinajstić information content (AvgIpc) is 2.61. The van der Waals surface area contributed by atoms with Gasteiger partial charge in [-0.2, -0.15) is 13.2 Å². The number of hydrogen-bond donors (Lipinski definition) is 1. The zero-order chi connectivity index (χ0) is 19.2. The van der Waals surface area contributed by atoms with E-state index in [0.717, 1.165) is 12.1 Å². The molecule has 2 rings (SSSR count). The molecule has 0 bridgehead atoms. The number of aliphatic hydroxyl groups excluding tert-OH is 1. The fraction of sp³-hybridized carbons (Fsp3) is 0.263. The predicted octanol–water partition coefficient (Wildman–Crippen LogP) is 4.79. The molecule has 0 fully saturated rings. The van der Waals surface area contributed by atoms with E-state index in [2.05, 4.69) is 0 Å². The van der Waals surface area contributed by atoms with Crippen LogP contribution < -0.4 is 9.47 Å². The van der Waals surface area contributed by atoms with E-state index >= 15 is 0 Å². The lowest BCUT2D eigenvalue weighted by atomic mass is 10.2. The van der Waals surface area contributed by atoms with Crippen LogP contribution in [0.3, 0.4) is 0 Å². The summed E-state index contributed by atoms with van der Waals surface area (Å²) in [5.74, 6) is 1.81. The van der Waals surface area contributed by atoms with Gasteiger partial charge in [0.1, 0.15) is 23.0 Å². The van der Waals surface area contributed by atoms with Crippen LogP contribution in [-0.2, 0) is 10.9 Å². The molecule has 0 aliphatic heterocycles. The van der Waals surface area contributed by atoms with E-state index in [9.17, 15) is 13.2 Å². The van der Waals surface area contributed by atoms with E-state index < -0.39 is 17.8 Å². The highest BCUT2D eigenvalue weighted by Gasteiger charge is 2.30. The number of rotatable bonds is 7. The van der Waals surface area contributed by atoms with Crippen molar-refractivity contribution in [3.8, 4) is 17.2 Å². The molecule has 26 heavy (non-hydrogen) atoms. The Labute approximate surface area is 149 Å². The molecule has 1 N–H and O–H groups in total. The lowest BCUT2D eigenvalue weighted by molar-refractivity contribution is -0.137. The van der Waals surface area contributed by atoms with Gasteiger partial charge in [-0.25, -0.2) is 0 Å². The molecule has 0 amide bonds. The highest BCUT2D eigenvalue weighted by atomic mass is 19.4. The topological polar surface area (TPSA) is 47.9 Å². The van der Waals surface area contributed by atoms with Crippen molar-refractivity contribution in [1.29, 1.82) is 0 Å². The van der Waals surface area contributed by atoms with Crippen LogP contribution >= 0.6 is 0 Å². The minimum absolute atomic E-state index is 0.156. The maximum absolute atomic E-state index is 12.5. The number of halogens is 3. The summed E-state index contributed by atoms with van der Waals surface area (Å²) in [7, 11) is 1.49. The maximum Gasteiger partial charge on any atom is 0.416 e. The van der Waals surface area contributed by atoms with E-state index in [1.165, 1.54) is 25.3 Å². The predicted molar refractivity (Wildman–Crippen MR) is 90.2 cm³/mol. The summed E-state index contributed by atoms with van der Waals surface area (Å²) in [6.07, 6.45) is -3.26. The average molecular weight is 368 g/mol. The van der Waals surface area contributed by atoms with Crippen LogP contribution in [0.5, 0.6) is 17.2 Å². The summed E-state index contributed by atoms with van der Waals surface area (Å²) in [6.45, 7) is 1.62. The largest absolute Gasteiger partial charge is 0.497 e. The fourth-order valence-electron chi connectivity index (χ4n) is 2.20. The van der Waals surface area contributed by atoms with Gasteiger partial charge in [0.05, 0.1) is 19.3 Å². The lowest BCUT2D eigenvalue weighted by Gasteiger charge is -2.17. The summed E-state index contributed by atoms with van der Waals surface area (Å²) in [4.78, 5) is 0. The van der Waals surface area contributed by atoms with Crippen LogP contribution in [0.1, 0.15) is 12.5 Å². The number of benzene rings is 2. The number of hydrogen-bond acceptors (Lipinski definition) is 4. The second kappa shape index (κ2) is 8.62. The summed E-state index contributed by atoms with van der Waals surface area (Å²) >= 11 is 0. The Morgan fingerprint density at radius 3 is 1.96 bits per heavy atom. The highest BCUT2D eigenvalue weighted by Crippen LogP contribution is 2.31. The van der Waals surface area contributed by atoms with Crippen molar-refractivity contribution in [1.82, 2.24) is 0 Å². The van der Waals surface area contributed by atoms with Crippen molar-refractivity contribution < 1.29 is 32.5 Å². The van der Waals surface area contributed by atoms with Gasteiger partial charge < -0.3 is 19.3 Å². The van der Waals surface area contributed by atoms with Crippen LogP contribution in [0.4, 0.5) is 13.2 Å². The SMILES string of the molecule is COC(=CCO)C(C)Oc1ccc(Oc2ccc(C(F)(F)F)cc2)cc1. The molecule has 0 radical (unpaired) electrons. The molecule has 0 heterocycles. The normalized spacial score (nSPS) is 13.2. The van der Waals surface area contributed by atoms with E-state index in [1.54, 1.807) is 31.2 Å². The van der Waals surface area contributed by atoms with Gasteiger partial charge in [0, 0.05) is 0 Å². The van der Waals surface area contributed by atoms with E-state index in [0.29, 0.717) is 23.0 Å². The number of methoxy groups -OCH3 is 1. The molecule has 2 aromatic carbocycles. The molecular formula is C19H19F3O4. The lowest BCUT2D eigenvalue weighted by Crippen LogP contribution is -2.16. The maximum atomic E-state index is 12.5. The van der Waals surface area contributed by atoms with Crippen LogP contribution in [0.25, 0.3) is 0 Å². The molecule has 1 atom stereocenters. The van der Waals surface area contributed by atoms with Crippen molar-refractivity contribution >= 4 is 0 Å². The Balaban J connectivity index is 2.00. The van der Waals surface area contributed by atoms with Crippen LogP contribution in [0.15, 0.2) is 60.4 Å². The summed E-state index contributed by atoms with van der Waals surface area (Å²) in [5.41, 5.74) is -0.729. The van der Waals surface area contributed by atoms with Crippen LogP contribution in [-0.4, -0.2) is 24.9 Å². The smallest absolute Gasteiger partial charge is 0.416 e. The molecule has 4 nitrogen and oxygen atoms in total. The molecule has 7 heteroatoms. The molecule has 0 aromatic heterocycles. The molecule has 2 aromatic rings. The Bertz CT molecular complexity index is 722. The Kier molecular flexibility index (Phi) is 6.52. The van der Waals surface area contributed by atoms with E-state index in [-0.39, 0.29) is 6.61 Å². The van der Waals surface area contributed by atoms with Crippen molar-refractivity contribution in [3.05, 3.63) is 65.9 Å². The fourth-order valence-corrected chi connectivity index (χ4v) is 2.20. The third-order valence-corrected chi connectivity index (χ3v) is 3.48. The minimum Gasteiger partial charge on any atom is -0.497 e. The molecule has 0 saturated carbocycles. The van der Waals surface area contributed by atoms with Gasteiger partial charge in [-0.05, 0) is 61.5 Å². The molecule has 140 valence electrons. The Hall–Kier alpha value is -2.67. The second-order valence-electron chi connectivity index (χ2n) is 5.35. The second-order valence-corrected chi connectivity index (χ2v) is 5.35. The third-order valence-electron chi connectivity index (χ3n) is 3.48. The minimum atomic E-state index is -4.38. The van der Waals surface area contributed by atoms with E-state index in [1.807, 2.05) is 0 Å². The highest BCUT2D eigenvalue weighted by molar-refractivity contribution is 5.37. The standard InChI is InChI=1S/C19H19F3O4/c1-13(18(24-2)11-12-23)25-15-7-9-17(10-8-15)26-16-5-3-14(4-6-16)19(20,21)22/h3-11,13,23H,12H2,1-2H3. The monoisotopic (exact) mass is 368 g/mol. The first-order valence-corrected chi connectivity index (χ1v) is 7.80. The van der Waals surface area contributed by atoms with Gasteiger partial charge in [-0.1, -0.05) is 0 Å². The zero-order valence-electron chi connectivity index (χ0n) is 14.3. The van der Waals surface area contributed by atoms with Gasteiger partial charge in [0.2, 0.25) is 0 Å². The van der Waals surface area contributed by atoms with Crippen molar-refractivity contribution in [2.45, 2.75) is 19.2 Å². The first-order valence-electron chi connectivity index (χ1n) is 7.80. The first-order chi connectivity index (χ1) is 12.3. The molecular weight excluding hydrogens is 349 g/mol. The third kappa shape index (κ3) is 5.42. The van der Waals surface area contributed by atoms with Gasteiger partial charge in [0.15, 0.2) is 6.10 Å². The quantitative estimate of drug-likeness (QED) is 0.714. The van der Waals surface area contributed by atoms with Gasteiger partial charge >= 0.3 is 6.18 Å². The molecule has 0 aliphatic carbocycles. The summed E-state index contributed by atoms with van der Waals surface area (Å²) in [5, 5.41) is 8.93. The molecule has 1 unspecified atom stereocenters. The van der Waals surface area contributed by atoms with Crippen molar-refractivity contribution in [2.24, 2.45) is 0 Å². The number of aliphatic hydroxyl groups is 1. The summed E-state index contributed by atoms with van der Waals surface area (Å²) < 4.78 is 54.0. The first kappa shape index (κ1) is 19.7. The van der Waals surface area contributed by atoms with Crippen molar-refractivity contribution in [3.63, 3.8) is 0 Å². The van der Waals surface area contributed by atoms with Gasteiger partial charge in [0.25, 0.3) is 0 Å². The van der Waals surface area contributed by atoms with Gasteiger partial charge in [-0.3, -0.25) is 0 Å².